The molecule has 0 aromatic heterocycles. The maximum atomic E-state index is 11.5. The van der Waals surface area contributed by atoms with Gasteiger partial charge in [0.15, 0.2) is 0 Å². The molecule has 1 aromatic rings. The van der Waals surface area contributed by atoms with Crippen molar-refractivity contribution in [1.29, 1.82) is 0 Å². The van der Waals surface area contributed by atoms with Crippen LogP contribution in [0.5, 0.6) is 0 Å². The van der Waals surface area contributed by atoms with Crippen LogP contribution >= 0.6 is 0 Å². The third-order valence-corrected chi connectivity index (χ3v) is 6.15. The van der Waals surface area contributed by atoms with Crippen molar-refractivity contribution in [3.63, 3.8) is 0 Å². The summed E-state index contributed by atoms with van der Waals surface area (Å²) in [6.07, 6.45) is 2.53. The largest absolute Gasteiger partial charge is 0.294 e. The Morgan fingerprint density at radius 2 is 1.94 bits per heavy atom. The predicted molar refractivity (Wildman–Crippen MR) is 78.1 cm³/mol. The lowest BCUT2D eigenvalue weighted by atomic mass is 10.00. The quantitative estimate of drug-likeness (QED) is 0.522. The van der Waals surface area contributed by atoms with Crippen LogP contribution in [0.3, 0.4) is 0 Å². The predicted octanol–water partition coefficient (Wildman–Crippen LogP) is 1.97. The van der Waals surface area contributed by atoms with Gasteiger partial charge in [0.05, 0.1) is 13.7 Å². The van der Waals surface area contributed by atoms with Crippen molar-refractivity contribution < 1.29 is 13.0 Å². The SMILES string of the molecule is C=CCc1c(C)cc(S(=O)(=O)O)c([SiH](C)C)c1C. The van der Waals surface area contributed by atoms with E-state index in [2.05, 4.69) is 19.7 Å². The summed E-state index contributed by atoms with van der Waals surface area (Å²) in [5, 5.41) is 0.833. The first kappa shape index (κ1) is 15.1. The fourth-order valence-electron chi connectivity index (χ4n) is 2.39. The molecule has 1 rings (SSSR count). The lowest BCUT2D eigenvalue weighted by molar-refractivity contribution is 0.483. The molecule has 5 heteroatoms. The standard InChI is InChI=1S/C13H20O3SSi/c1-6-7-11-9(2)8-12(17(14,15)16)13(10(11)3)18(4)5/h6,8,18H,1,7H2,2-5H3,(H,14,15,16). The van der Waals surface area contributed by atoms with E-state index in [1.807, 2.05) is 19.9 Å². The van der Waals surface area contributed by atoms with Gasteiger partial charge >= 0.3 is 0 Å². The van der Waals surface area contributed by atoms with Crippen LogP contribution in [0.4, 0.5) is 0 Å². The van der Waals surface area contributed by atoms with Crippen LogP contribution in [-0.2, 0) is 16.5 Å². The molecule has 0 radical (unpaired) electrons. The monoisotopic (exact) mass is 284 g/mol. The third-order valence-electron chi connectivity index (χ3n) is 3.15. The fraction of sp³-hybridized carbons (Fsp3) is 0.385. The van der Waals surface area contributed by atoms with Gasteiger partial charge in [-0.25, -0.2) is 0 Å². The molecule has 0 spiro atoms. The number of aryl methyl sites for hydroxylation is 1. The van der Waals surface area contributed by atoms with E-state index in [-0.39, 0.29) is 4.90 Å². The average Bonchev–Trinajstić information content (AvgIpc) is 2.21. The third kappa shape index (κ3) is 2.91. The second kappa shape index (κ2) is 5.38. The van der Waals surface area contributed by atoms with Crippen molar-refractivity contribution in [3.8, 4) is 0 Å². The van der Waals surface area contributed by atoms with Gasteiger partial charge in [-0.15, -0.1) is 6.58 Å². The molecule has 0 atom stereocenters. The zero-order chi connectivity index (χ0) is 14.1. The van der Waals surface area contributed by atoms with Gasteiger partial charge in [0.25, 0.3) is 10.1 Å². The number of allylic oxidation sites excluding steroid dienone is 1. The summed E-state index contributed by atoms with van der Waals surface area (Å²) in [5.74, 6) is 0. The zero-order valence-electron chi connectivity index (χ0n) is 11.3. The minimum atomic E-state index is -4.15. The van der Waals surface area contributed by atoms with E-state index in [1.165, 1.54) is 0 Å². The molecular formula is C13H20O3SSi. The van der Waals surface area contributed by atoms with Crippen LogP contribution in [0.1, 0.15) is 16.7 Å². The highest BCUT2D eigenvalue weighted by Crippen LogP contribution is 2.20. The minimum absolute atomic E-state index is 0.0898. The summed E-state index contributed by atoms with van der Waals surface area (Å²) in [5.41, 5.74) is 3.00. The number of hydrogen-bond acceptors (Lipinski definition) is 2. The molecule has 0 bridgehead atoms. The van der Waals surface area contributed by atoms with Gasteiger partial charge in [0.1, 0.15) is 0 Å². The molecule has 0 fully saturated rings. The highest BCUT2D eigenvalue weighted by Gasteiger charge is 2.22. The smallest absolute Gasteiger partial charge is 0.282 e. The molecule has 0 saturated heterocycles. The van der Waals surface area contributed by atoms with Crippen molar-refractivity contribution in [2.45, 2.75) is 38.3 Å². The van der Waals surface area contributed by atoms with Gasteiger partial charge in [-0.1, -0.05) is 19.2 Å². The minimum Gasteiger partial charge on any atom is -0.282 e. The number of rotatable bonds is 4. The molecule has 1 aromatic carbocycles. The Morgan fingerprint density at radius 3 is 2.33 bits per heavy atom. The summed E-state index contributed by atoms with van der Waals surface area (Å²) in [6, 6.07) is 1.59. The van der Waals surface area contributed by atoms with Gasteiger partial charge in [0, 0.05) is 0 Å². The summed E-state index contributed by atoms with van der Waals surface area (Å²) < 4.78 is 32.3. The van der Waals surface area contributed by atoms with Crippen LogP contribution in [-0.4, -0.2) is 21.8 Å². The van der Waals surface area contributed by atoms with E-state index in [0.717, 1.165) is 28.3 Å². The first-order chi connectivity index (χ1) is 8.20. The topological polar surface area (TPSA) is 54.4 Å². The Balaban J connectivity index is 3.72. The molecule has 0 aliphatic carbocycles. The van der Waals surface area contributed by atoms with Gasteiger partial charge in [-0.05, 0) is 48.2 Å². The first-order valence-electron chi connectivity index (χ1n) is 5.91. The molecule has 100 valence electrons. The van der Waals surface area contributed by atoms with Crippen molar-refractivity contribution in [2.75, 3.05) is 0 Å². The Bertz CT molecular complexity index is 574. The summed E-state index contributed by atoms with van der Waals surface area (Å²) in [6.45, 7) is 11.6. The number of benzene rings is 1. The summed E-state index contributed by atoms with van der Waals surface area (Å²) in [4.78, 5) is 0.0898. The highest BCUT2D eigenvalue weighted by atomic mass is 32.2. The second-order valence-electron chi connectivity index (χ2n) is 4.83. The van der Waals surface area contributed by atoms with Gasteiger partial charge < -0.3 is 0 Å². The van der Waals surface area contributed by atoms with Crippen molar-refractivity contribution in [3.05, 3.63) is 35.4 Å². The van der Waals surface area contributed by atoms with Crippen molar-refractivity contribution in [1.82, 2.24) is 0 Å². The van der Waals surface area contributed by atoms with Gasteiger partial charge in [0.2, 0.25) is 0 Å². The van der Waals surface area contributed by atoms with E-state index >= 15 is 0 Å². The fourth-order valence-corrected chi connectivity index (χ4v) is 6.00. The molecule has 0 aliphatic heterocycles. The van der Waals surface area contributed by atoms with E-state index < -0.39 is 18.9 Å². The van der Waals surface area contributed by atoms with Crippen LogP contribution in [0.25, 0.3) is 0 Å². The summed E-state index contributed by atoms with van der Waals surface area (Å²) in [7, 11) is -5.50. The normalized spacial score (nSPS) is 11.9. The summed E-state index contributed by atoms with van der Waals surface area (Å²) >= 11 is 0. The maximum Gasteiger partial charge on any atom is 0.294 e. The molecule has 0 aliphatic rings. The molecule has 0 heterocycles. The Hall–Kier alpha value is -0.913. The maximum absolute atomic E-state index is 11.5. The molecule has 0 saturated carbocycles. The lowest BCUT2D eigenvalue weighted by Gasteiger charge is -2.19. The van der Waals surface area contributed by atoms with Crippen LogP contribution < -0.4 is 5.19 Å². The van der Waals surface area contributed by atoms with Gasteiger partial charge in [-0.3, -0.25) is 4.55 Å². The molecule has 0 amide bonds. The Morgan fingerprint density at radius 1 is 1.39 bits per heavy atom. The molecule has 18 heavy (non-hydrogen) atoms. The lowest BCUT2D eigenvalue weighted by Crippen LogP contribution is -2.32. The van der Waals surface area contributed by atoms with E-state index in [0.29, 0.717) is 0 Å². The number of hydrogen-bond donors (Lipinski definition) is 1. The van der Waals surface area contributed by atoms with Crippen LogP contribution in [0, 0.1) is 13.8 Å². The molecule has 0 unspecified atom stereocenters. The van der Waals surface area contributed by atoms with Crippen LogP contribution in [0.2, 0.25) is 13.1 Å². The molecule has 1 N–H and O–H groups in total. The van der Waals surface area contributed by atoms with E-state index in [1.54, 1.807) is 6.07 Å². The first-order valence-corrected chi connectivity index (χ1v) is 10.2. The van der Waals surface area contributed by atoms with E-state index in [4.69, 9.17) is 0 Å². The van der Waals surface area contributed by atoms with Crippen molar-refractivity contribution in [2.24, 2.45) is 0 Å². The highest BCUT2D eigenvalue weighted by molar-refractivity contribution is 7.86. The zero-order valence-corrected chi connectivity index (χ0v) is 13.3. The van der Waals surface area contributed by atoms with Crippen LogP contribution in [0.15, 0.2) is 23.6 Å². The average molecular weight is 284 g/mol. The Kier molecular flexibility index (Phi) is 4.53. The van der Waals surface area contributed by atoms with Crippen molar-refractivity contribution >= 4 is 24.1 Å². The van der Waals surface area contributed by atoms with Gasteiger partial charge in [-0.2, -0.15) is 8.42 Å². The second-order valence-corrected chi connectivity index (χ2v) is 9.11. The molecule has 3 nitrogen and oxygen atoms in total. The molecular weight excluding hydrogens is 264 g/mol. The Labute approximate surface area is 111 Å². The van der Waals surface area contributed by atoms with E-state index in [9.17, 15) is 13.0 Å².